The molecule has 0 saturated heterocycles. The SMILES string of the molecule is CC=O.CCC(=O)c1ccc(C(=O)C(C)CC)c2c(-c3ccccc3)ccc(C(C)=O)c12.Cc1ccccc1. The summed E-state index contributed by atoms with van der Waals surface area (Å²) in [5.41, 5.74) is 4.70. The number of rotatable bonds is 7. The van der Waals surface area contributed by atoms with E-state index >= 15 is 0 Å². The molecule has 4 heteroatoms. The molecule has 4 aromatic rings. The van der Waals surface area contributed by atoms with Crippen LogP contribution in [0.15, 0.2) is 84.9 Å². The highest BCUT2D eigenvalue weighted by Gasteiger charge is 2.24. The van der Waals surface area contributed by atoms with E-state index in [4.69, 9.17) is 4.79 Å². The summed E-state index contributed by atoms with van der Waals surface area (Å²) >= 11 is 0. The first-order valence-corrected chi connectivity index (χ1v) is 13.4. The topological polar surface area (TPSA) is 68.3 Å². The van der Waals surface area contributed by atoms with Gasteiger partial charge in [0, 0.05) is 39.8 Å². The van der Waals surface area contributed by atoms with Crippen molar-refractivity contribution < 1.29 is 19.2 Å². The summed E-state index contributed by atoms with van der Waals surface area (Å²) in [6, 6.07) is 27.2. The van der Waals surface area contributed by atoms with Crippen LogP contribution < -0.4 is 0 Å². The zero-order valence-corrected chi connectivity index (χ0v) is 23.8. The Bertz CT molecular complexity index is 1420. The Kier molecular flexibility index (Phi) is 12.2. The van der Waals surface area contributed by atoms with Crippen molar-refractivity contribution in [3.63, 3.8) is 0 Å². The van der Waals surface area contributed by atoms with Gasteiger partial charge in [-0.25, -0.2) is 0 Å². The highest BCUT2D eigenvalue weighted by Crippen LogP contribution is 2.37. The van der Waals surface area contributed by atoms with E-state index in [1.54, 1.807) is 25.1 Å². The van der Waals surface area contributed by atoms with Gasteiger partial charge in [-0.1, -0.05) is 111 Å². The van der Waals surface area contributed by atoms with Crippen LogP contribution in [0.2, 0.25) is 0 Å². The van der Waals surface area contributed by atoms with Crippen molar-refractivity contribution in [2.75, 3.05) is 0 Å². The third-order valence-electron chi connectivity index (χ3n) is 6.51. The molecule has 0 radical (unpaired) electrons. The summed E-state index contributed by atoms with van der Waals surface area (Å²) in [4.78, 5) is 47.2. The van der Waals surface area contributed by atoms with Crippen LogP contribution >= 0.6 is 0 Å². The number of carbonyl (C=O) groups is 4. The Hall–Kier alpha value is -4.18. The predicted octanol–water partition coefficient (Wildman–Crippen LogP) is 8.73. The first-order chi connectivity index (χ1) is 18.7. The fourth-order valence-electron chi connectivity index (χ4n) is 4.26. The Morgan fingerprint density at radius 1 is 0.744 bits per heavy atom. The number of benzene rings is 4. The highest BCUT2D eigenvalue weighted by molar-refractivity contribution is 6.24. The predicted molar refractivity (Wildman–Crippen MR) is 161 cm³/mol. The molecule has 4 rings (SSSR count). The van der Waals surface area contributed by atoms with Gasteiger partial charge in [-0.3, -0.25) is 14.4 Å². The second kappa shape index (κ2) is 15.3. The Morgan fingerprint density at radius 2 is 1.26 bits per heavy atom. The molecular formula is C35H38O4. The molecule has 0 N–H and O–H groups in total. The molecule has 1 unspecified atom stereocenters. The van der Waals surface area contributed by atoms with Gasteiger partial charge in [0.1, 0.15) is 6.29 Å². The van der Waals surface area contributed by atoms with Gasteiger partial charge in [0.25, 0.3) is 0 Å². The van der Waals surface area contributed by atoms with Gasteiger partial charge in [0.15, 0.2) is 17.3 Å². The van der Waals surface area contributed by atoms with Crippen LogP contribution in [0.25, 0.3) is 21.9 Å². The standard InChI is InChI=1S/C26H26O3.C7H8.C2H4O/c1-5-16(3)26(29)22-15-14-21(23(28)6-2)24-19(17(4)27)12-13-20(25(22)24)18-10-8-7-9-11-18;1-7-5-3-2-4-6-7;1-2-3/h7-16H,5-6H2,1-4H3;2-6H,1H3;2H,1H3. The molecule has 0 aliphatic heterocycles. The van der Waals surface area contributed by atoms with Crippen molar-refractivity contribution in [3.05, 3.63) is 107 Å². The molecule has 0 saturated carbocycles. The van der Waals surface area contributed by atoms with Crippen molar-refractivity contribution in [1.82, 2.24) is 0 Å². The molecule has 0 spiro atoms. The van der Waals surface area contributed by atoms with Gasteiger partial charge in [-0.05, 0) is 38.3 Å². The lowest BCUT2D eigenvalue weighted by Gasteiger charge is -2.18. The number of hydrogen-bond acceptors (Lipinski definition) is 4. The van der Waals surface area contributed by atoms with Gasteiger partial charge in [-0.2, -0.15) is 0 Å². The number of aryl methyl sites for hydroxylation is 1. The second-order valence-electron chi connectivity index (χ2n) is 9.33. The van der Waals surface area contributed by atoms with Crippen LogP contribution in [0.5, 0.6) is 0 Å². The minimum absolute atomic E-state index is 0.0332. The minimum Gasteiger partial charge on any atom is -0.304 e. The van der Waals surface area contributed by atoms with Gasteiger partial charge < -0.3 is 4.79 Å². The Labute approximate surface area is 232 Å². The van der Waals surface area contributed by atoms with Crippen molar-refractivity contribution in [2.24, 2.45) is 5.92 Å². The van der Waals surface area contributed by atoms with Crippen LogP contribution in [-0.2, 0) is 4.79 Å². The summed E-state index contributed by atoms with van der Waals surface area (Å²) in [6.07, 6.45) is 1.81. The average Bonchev–Trinajstić information content (AvgIpc) is 2.96. The van der Waals surface area contributed by atoms with Gasteiger partial charge in [-0.15, -0.1) is 0 Å². The van der Waals surface area contributed by atoms with E-state index in [1.807, 2.05) is 68.4 Å². The van der Waals surface area contributed by atoms with E-state index in [-0.39, 0.29) is 23.3 Å². The molecule has 0 aliphatic carbocycles. The van der Waals surface area contributed by atoms with Crippen molar-refractivity contribution in [1.29, 1.82) is 0 Å². The third kappa shape index (κ3) is 7.90. The molecule has 202 valence electrons. The molecular weight excluding hydrogens is 484 g/mol. The molecule has 4 aromatic carbocycles. The monoisotopic (exact) mass is 522 g/mol. The molecule has 4 nitrogen and oxygen atoms in total. The number of fused-ring (bicyclic) bond motifs is 1. The Balaban J connectivity index is 0.000000450. The van der Waals surface area contributed by atoms with Crippen LogP contribution in [-0.4, -0.2) is 23.6 Å². The number of ketones is 3. The zero-order chi connectivity index (χ0) is 28.9. The fraction of sp³-hybridized carbons (Fsp3) is 0.257. The minimum atomic E-state index is -0.143. The molecule has 0 aliphatic rings. The smallest absolute Gasteiger partial charge is 0.166 e. The largest absolute Gasteiger partial charge is 0.304 e. The van der Waals surface area contributed by atoms with E-state index in [1.165, 1.54) is 19.4 Å². The molecule has 0 amide bonds. The van der Waals surface area contributed by atoms with Gasteiger partial charge in [0.2, 0.25) is 0 Å². The number of Topliss-reactive ketones (excluding diaryl/α,β-unsaturated/α-hetero) is 3. The maximum absolute atomic E-state index is 13.2. The summed E-state index contributed by atoms with van der Waals surface area (Å²) in [6.45, 7) is 10.7. The van der Waals surface area contributed by atoms with Crippen LogP contribution in [0.4, 0.5) is 0 Å². The van der Waals surface area contributed by atoms with E-state index < -0.39 is 0 Å². The number of carbonyl (C=O) groups excluding carboxylic acids is 4. The average molecular weight is 523 g/mol. The van der Waals surface area contributed by atoms with Crippen LogP contribution in [0.1, 0.15) is 84.1 Å². The maximum atomic E-state index is 13.2. The lowest BCUT2D eigenvalue weighted by Crippen LogP contribution is -2.13. The lowest BCUT2D eigenvalue weighted by molar-refractivity contribution is -0.106. The van der Waals surface area contributed by atoms with E-state index in [2.05, 4.69) is 19.1 Å². The molecule has 1 atom stereocenters. The second-order valence-corrected chi connectivity index (χ2v) is 9.33. The zero-order valence-electron chi connectivity index (χ0n) is 23.8. The third-order valence-corrected chi connectivity index (χ3v) is 6.51. The van der Waals surface area contributed by atoms with E-state index in [0.717, 1.165) is 23.8 Å². The summed E-state index contributed by atoms with van der Waals surface area (Å²) in [5.74, 6) is -0.264. The van der Waals surface area contributed by atoms with Crippen molar-refractivity contribution in [2.45, 2.75) is 54.4 Å². The van der Waals surface area contributed by atoms with Gasteiger partial charge >= 0.3 is 0 Å². The molecule has 0 bridgehead atoms. The normalized spacial score (nSPS) is 10.8. The summed E-state index contributed by atoms with van der Waals surface area (Å²) in [5, 5.41) is 1.30. The highest BCUT2D eigenvalue weighted by atomic mass is 16.1. The first kappa shape index (κ1) is 31.0. The summed E-state index contributed by atoms with van der Waals surface area (Å²) in [7, 11) is 0. The molecule has 0 heterocycles. The van der Waals surface area contributed by atoms with Crippen molar-refractivity contribution >= 4 is 34.4 Å². The summed E-state index contributed by atoms with van der Waals surface area (Å²) < 4.78 is 0. The number of hydrogen-bond donors (Lipinski definition) is 0. The molecule has 0 aromatic heterocycles. The Morgan fingerprint density at radius 3 is 1.72 bits per heavy atom. The molecule has 39 heavy (non-hydrogen) atoms. The number of aldehydes is 1. The lowest BCUT2D eigenvalue weighted by atomic mass is 9.84. The molecule has 0 fully saturated rings. The van der Waals surface area contributed by atoms with Gasteiger partial charge in [0.05, 0.1) is 0 Å². The fourth-order valence-corrected chi connectivity index (χ4v) is 4.26. The van der Waals surface area contributed by atoms with E-state index in [0.29, 0.717) is 33.9 Å². The quantitative estimate of drug-likeness (QED) is 0.180. The maximum Gasteiger partial charge on any atom is 0.166 e. The van der Waals surface area contributed by atoms with E-state index in [9.17, 15) is 14.4 Å². The van der Waals surface area contributed by atoms with Crippen molar-refractivity contribution in [3.8, 4) is 11.1 Å². The van der Waals surface area contributed by atoms with Crippen LogP contribution in [0, 0.1) is 12.8 Å². The first-order valence-electron chi connectivity index (χ1n) is 13.4. The van der Waals surface area contributed by atoms with Crippen LogP contribution in [0.3, 0.4) is 0 Å².